The zero-order valence-electron chi connectivity index (χ0n) is 16.9. The van der Waals surface area contributed by atoms with Crippen molar-refractivity contribution >= 4 is 39.9 Å². The van der Waals surface area contributed by atoms with Crippen molar-refractivity contribution in [3.63, 3.8) is 0 Å². The highest BCUT2D eigenvalue weighted by molar-refractivity contribution is 7.90. The highest BCUT2D eigenvalue weighted by atomic mass is 35.5. The first-order valence-electron chi connectivity index (χ1n) is 9.59. The molecule has 0 saturated carbocycles. The molecule has 1 atom stereocenters. The van der Waals surface area contributed by atoms with Crippen LogP contribution in [-0.4, -0.2) is 53.1 Å². The van der Waals surface area contributed by atoms with Crippen LogP contribution in [0.5, 0.6) is 0 Å². The number of nitrogens with zero attached hydrogens (tertiary/aromatic N) is 2. The second kappa shape index (κ2) is 9.59. The molecule has 160 valence electrons. The Labute approximate surface area is 182 Å². The molecule has 9 heteroatoms. The third-order valence-corrected chi connectivity index (χ3v) is 6.49. The average molecular weight is 449 g/mol. The van der Waals surface area contributed by atoms with E-state index in [-0.39, 0.29) is 4.90 Å². The predicted molar refractivity (Wildman–Crippen MR) is 120 cm³/mol. The van der Waals surface area contributed by atoms with Gasteiger partial charge >= 0.3 is 0 Å². The molecule has 2 aromatic rings. The molecule has 7 nitrogen and oxygen atoms in total. The van der Waals surface area contributed by atoms with Crippen molar-refractivity contribution in [1.82, 2.24) is 10.2 Å². The van der Waals surface area contributed by atoms with Gasteiger partial charge in [0, 0.05) is 37.9 Å². The van der Waals surface area contributed by atoms with Crippen LogP contribution in [0.2, 0.25) is 5.02 Å². The van der Waals surface area contributed by atoms with Gasteiger partial charge < -0.3 is 20.3 Å². The van der Waals surface area contributed by atoms with Crippen molar-refractivity contribution < 1.29 is 13.2 Å². The minimum absolute atomic E-state index is 0.197. The van der Waals surface area contributed by atoms with E-state index >= 15 is 0 Å². The number of carbonyl (C=O) groups excluding carboxylic acids is 1. The number of nitrogens with one attached hydrogen (secondary N) is 2. The maximum atomic E-state index is 12.9. The van der Waals surface area contributed by atoms with Crippen LogP contribution < -0.4 is 10.6 Å². The minimum atomic E-state index is -3.85. The number of halogens is 1. The number of rotatable bonds is 8. The predicted octanol–water partition coefficient (Wildman–Crippen LogP) is 2.66. The van der Waals surface area contributed by atoms with E-state index in [1.54, 1.807) is 31.1 Å². The first-order valence-corrected chi connectivity index (χ1v) is 11.4. The minimum Gasteiger partial charge on any atom is -0.384 e. The molecule has 0 fully saturated rings. The van der Waals surface area contributed by atoms with Crippen LogP contribution in [0.15, 0.2) is 45.7 Å². The number of fused-ring (bicyclic) bond motifs is 1. The molecule has 0 saturated heterocycles. The van der Waals surface area contributed by atoms with E-state index in [1.165, 1.54) is 6.34 Å². The summed E-state index contributed by atoms with van der Waals surface area (Å²) < 4.78 is 29.5. The van der Waals surface area contributed by atoms with Gasteiger partial charge in [0.1, 0.15) is 12.6 Å². The van der Waals surface area contributed by atoms with Gasteiger partial charge in [0.2, 0.25) is 0 Å². The van der Waals surface area contributed by atoms with Crippen LogP contribution >= 0.6 is 11.6 Å². The average Bonchev–Trinajstić information content (AvgIpc) is 2.73. The van der Waals surface area contributed by atoms with Crippen LogP contribution in [0.4, 0.5) is 5.69 Å². The summed E-state index contributed by atoms with van der Waals surface area (Å²) in [6.07, 6.45) is 2.73. The van der Waals surface area contributed by atoms with Crippen LogP contribution in [-0.2, 0) is 27.8 Å². The molecule has 0 aromatic heterocycles. The van der Waals surface area contributed by atoms with Crippen molar-refractivity contribution in [2.24, 2.45) is 4.40 Å². The molecule has 1 unspecified atom stereocenters. The lowest BCUT2D eigenvalue weighted by Gasteiger charge is -2.22. The molecule has 0 spiro atoms. The molecular formula is C21H25ClN4O3S. The summed E-state index contributed by atoms with van der Waals surface area (Å²) in [5.74, 6) is -0.459. The largest absolute Gasteiger partial charge is 0.384 e. The highest BCUT2D eigenvalue weighted by Crippen LogP contribution is 2.30. The van der Waals surface area contributed by atoms with Gasteiger partial charge in [-0.1, -0.05) is 29.8 Å². The molecule has 2 aromatic carbocycles. The normalized spacial score (nSPS) is 14.9. The van der Waals surface area contributed by atoms with Crippen molar-refractivity contribution in [3.05, 3.63) is 58.1 Å². The molecule has 0 bridgehead atoms. The SMILES string of the molecule is CN(C)C=NS(=O)(=O)c1cc(NCC(C=O)c2ccccc2Cl)cc2c1CCNC2. The van der Waals surface area contributed by atoms with Crippen LogP contribution in [0.3, 0.4) is 0 Å². The first-order chi connectivity index (χ1) is 14.3. The summed E-state index contributed by atoms with van der Waals surface area (Å²) in [5, 5.41) is 6.99. The van der Waals surface area contributed by atoms with Gasteiger partial charge in [-0.25, -0.2) is 0 Å². The Balaban J connectivity index is 1.92. The quantitative estimate of drug-likeness (QED) is 0.366. The van der Waals surface area contributed by atoms with Gasteiger partial charge in [-0.05, 0) is 47.9 Å². The first kappa shape index (κ1) is 22.3. The van der Waals surface area contributed by atoms with E-state index in [2.05, 4.69) is 15.0 Å². The van der Waals surface area contributed by atoms with E-state index in [4.69, 9.17) is 11.6 Å². The van der Waals surface area contributed by atoms with Gasteiger partial charge in [0.25, 0.3) is 10.0 Å². The summed E-state index contributed by atoms with van der Waals surface area (Å²) in [5.41, 5.74) is 3.04. The van der Waals surface area contributed by atoms with Crippen molar-refractivity contribution in [2.45, 2.75) is 23.8 Å². The Hall–Kier alpha value is -2.42. The molecule has 0 aliphatic carbocycles. The van der Waals surface area contributed by atoms with Gasteiger partial charge in [0.15, 0.2) is 0 Å². The van der Waals surface area contributed by atoms with E-state index in [0.29, 0.717) is 36.8 Å². The Bertz CT molecular complexity index is 1050. The molecule has 1 aliphatic rings. The molecule has 1 aliphatic heterocycles. The lowest BCUT2D eigenvalue weighted by atomic mass is 9.99. The van der Waals surface area contributed by atoms with Gasteiger partial charge in [-0.2, -0.15) is 8.42 Å². The van der Waals surface area contributed by atoms with Crippen molar-refractivity contribution in [3.8, 4) is 0 Å². The molecule has 0 radical (unpaired) electrons. The summed E-state index contributed by atoms with van der Waals surface area (Å²) in [6, 6.07) is 10.7. The topological polar surface area (TPSA) is 90.9 Å². The van der Waals surface area contributed by atoms with Crippen molar-refractivity contribution in [1.29, 1.82) is 0 Å². The fourth-order valence-electron chi connectivity index (χ4n) is 3.36. The van der Waals surface area contributed by atoms with E-state index in [9.17, 15) is 13.2 Å². The number of anilines is 1. The smallest absolute Gasteiger partial charge is 0.284 e. The molecule has 2 N–H and O–H groups in total. The standard InChI is InChI=1S/C21H25ClN4O3S/c1-26(2)14-25-30(28,29)21-10-17(9-15-11-23-8-7-19(15)21)24-12-16(13-27)18-5-3-4-6-20(18)22/h3-6,9-10,13-14,16,23-24H,7-8,11-12H2,1-2H3. The fraction of sp³-hybridized carbons (Fsp3) is 0.333. The maximum absolute atomic E-state index is 12.9. The molecule has 30 heavy (non-hydrogen) atoms. The second-order valence-corrected chi connectivity index (χ2v) is 9.35. The molecule has 0 amide bonds. The van der Waals surface area contributed by atoms with Crippen LogP contribution in [0.1, 0.15) is 22.6 Å². The maximum Gasteiger partial charge on any atom is 0.284 e. The number of hydrogen-bond donors (Lipinski definition) is 2. The van der Waals surface area contributed by atoms with Crippen LogP contribution in [0, 0.1) is 0 Å². The van der Waals surface area contributed by atoms with Gasteiger partial charge in [-0.15, -0.1) is 4.40 Å². The van der Waals surface area contributed by atoms with E-state index in [0.717, 1.165) is 23.0 Å². The number of hydrogen-bond acceptors (Lipinski definition) is 5. The zero-order valence-corrected chi connectivity index (χ0v) is 18.5. The van der Waals surface area contributed by atoms with Gasteiger partial charge in [0.05, 0.1) is 10.8 Å². The molecular weight excluding hydrogens is 424 g/mol. The van der Waals surface area contributed by atoms with Gasteiger partial charge in [-0.3, -0.25) is 0 Å². The lowest BCUT2D eigenvalue weighted by Crippen LogP contribution is -2.26. The summed E-state index contributed by atoms with van der Waals surface area (Å²) in [6.45, 7) is 1.58. The zero-order chi connectivity index (χ0) is 21.7. The number of carbonyl (C=O) groups is 1. The van der Waals surface area contributed by atoms with E-state index < -0.39 is 15.9 Å². The van der Waals surface area contributed by atoms with Crippen molar-refractivity contribution in [2.75, 3.05) is 32.5 Å². The molecule has 3 rings (SSSR count). The fourth-order valence-corrected chi connectivity index (χ4v) is 4.88. The number of benzene rings is 2. The summed E-state index contributed by atoms with van der Waals surface area (Å²) in [7, 11) is -0.427. The Kier molecular flexibility index (Phi) is 7.12. The number of sulfonamides is 1. The molecule has 1 heterocycles. The highest BCUT2D eigenvalue weighted by Gasteiger charge is 2.23. The number of aldehydes is 1. The second-order valence-electron chi connectivity index (χ2n) is 7.34. The van der Waals surface area contributed by atoms with Crippen LogP contribution in [0.25, 0.3) is 0 Å². The monoisotopic (exact) mass is 448 g/mol. The lowest BCUT2D eigenvalue weighted by molar-refractivity contribution is -0.108. The van der Waals surface area contributed by atoms with E-state index in [1.807, 2.05) is 24.3 Å². The summed E-state index contributed by atoms with van der Waals surface area (Å²) >= 11 is 6.23. The third kappa shape index (κ3) is 5.19. The summed E-state index contributed by atoms with van der Waals surface area (Å²) in [4.78, 5) is 13.4. The Morgan fingerprint density at radius 3 is 2.77 bits per heavy atom. The Morgan fingerprint density at radius 1 is 1.30 bits per heavy atom. The third-order valence-electron chi connectivity index (χ3n) is 4.86. The Morgan fingerprint density at radius 2 is 2.07 bits per heavy atom.